The Labute approximate surface area is 209 Å². The maximum Gasteiger partial charge on any atom is 0.312 e. The SMILES string of the molecule is COc1cccc(/C=C2\Oc3c(ccc4c3C(c3ccccc3OC(C)C)CC(=O)O4)C2=O)c1OC. The van der Waals surface area contributed by atoms with Gasteiger partial charge in [-0.2, -0.15) is 0 Å². The topological polar surface area (TPSA) is 80.3 Å². The van der Waals surface area contributed by atoms with Gasteiger partial charge in [-0.1, -0.05) is 30.3 Å². The zero-order chi connectivity index (χ0) is 25.4. The predicted molar refractivity (Wildman–Crippen MR) is 133 cm³/mol. The van der Waals surface area contributed by atoms with Gasteiger partial charge in [0.25, 0.3) is 0 Å². The van der Waals surface area contributed by atoms with Gasteiger partial charge < -0.3 is 23.7 Å². The number of fused-ring (bicyclic) bond motifs is 3. The van der Waals surface area contributed by atoms with Crippen molar-refractivity contribution in [1.29, 1.82) is 0 Å². The van der Waals surface area contributed by atoms with Crippen molar-refractivity contribution < 1.29 is 33.3 Å². The quantitative estimate of drug-likeness (QED) is 0.257. The monoisotopic (exact) mass is 486 g/mol. The zero-order valence-corrected chi connectivity index (χ0v) is 20.5. The number of allylic oxidation sites excluding steroid dienone is 1. The molecule has 0 amide bonds. The molecule has 36 heavy (non-hydrogen) atoms. The minimum atomic E-state index is -0.398. The van der Waals surface area contributed by atoms with E-state index in [1.165, 1.54) is 7.11 Å². The van der Waals surface area contributed by atoms with E-state index < -0.39 is 5.92 Å². The number of ether oxygens (including phenoxy) is 5. The maximum absolute atomic E-state index is 13.4. The van der Waals surface area contributed by atoms with Gasteiger partial charge in [-0.25, -0.2) is 0 Å². The molecule has 0 saturated carbocycles. The van der Waals surface area contributed by atoms with Gasteiger partial charge in [-0.15, -0.1) is 0 Å². The molecule has 0 aromatic heterocycles. The van der Waals surface area contributed by atoms with Gasteiger partial charge in [0, 0.05) is 22.6 Å². The number of para-hydroxylation sites is 2. The smallest absolute Gasteiger partial charge is 0.312 e. The average Bonchev–Trinajstić information content (AvgIpc) is 3.18. The lowest BCUT2D eigenvalue weighted by molar-refractivity contribution is -0.135. The summed E-state index contributed by atoms with van der Waals surface area (Å²) < 4.78 is 28.7. The molecular weight excluding hydrogens is 460 g/mol. The van der Waals surface area contributed by atoms with Crippen molar-refractivity contribution in [3.63, 3.8) is 0 Å². The lowest BCUT2D eigenvalue weighted by Gasteiger charge is -2.28. The number of ketones is 1. The number of rotatable bonds is 6. The van der Waals surface area contributed by atoms with Crippen molar-refractivity contribution in [3.05, 3.63) is 82.6 Å². The number of hydrogen-bond acceptors (Lipinski definition) is 7. The molecule has 184 valence electrons. The van der Waals surface area contributed by atoms with Crippen LogP contribution in [0.1, 0.15) is 53.2 Å². The molecule has 2 heterocycles. The number of esters is 1. The van der Waals surface area contributed by atoms with Gasteiger partial charge in [0.05, 0.1) is 32.3 Å². The Kier molecular flexibility index (Phi) is 6.14. The Morgan fingerprint density at radius 1 is 0.917 bits per heavy atom. The summed E-state index contributed by atoms with van der Waals surface area (Å²) in [7, 11) is 3.09. The second-order valence-electron chi connectivity index (χ2n) is 8.81. The first kappa shape index (κ1) is 23.5. The summed E-state index contributed by atoms with van der Waals surface area (Å²) >= 11 is 0. The number of Topliss-reactive ketones (excluding diaryl/α,β-unsaturated/α-hetero) is 1. The summed E-state index contributed by atoms with van der Waals surface area (Å²) in [5.41, 5.74) is 2.54. The molecule has 7 nitrogen and oxygen atoms in total. The van der Waals surface area contributed by atoms with Gasteiger partial charge in [0.1, 0.15) is 17.2 Å². The van der Waals surface area contributed by atoms with E-state index in [1.54, 1.807) is 31.4 Å². The van der Waals surface area contributed by atoms with Crippen LogP contribution in [0.5, 0.6) is 28.7 Å². The third-order valence-electron chi connectivity index (χ3n) is 6.16. The Hall–Kier alpha value is -4.26. The van der Waals surface area contributed by atoms with Crippen molar-refractivity contribution in [2.45, 2.75) is 32.3 Å². The molecule has 0 N–H and O–H groups in total. The highest BCUT2D eigenvalue weighted by Gasteiger charge is 2.39. The Morgan fingerprint density at radius 2 is 1.69 bits per heavy atom. The van der Waals surface area contributed by atoms with Crippen LogP contribution >= 0.6 is 0 Å². The Morgan fingerprint density at radius 3 is 2.44 bits per heavy atom. The maximum atomic E-state index is 13.4. The normalized spacial score (nSPS) is 17.4. The lowest BCUT2D eigenvalue weighted by atomic mass is 9.84. The molecule has 5 rings (SSSR count). The van der Waals surface area contributed by atoms with Crippen molar-refractivity contribution in [1.82, 2.24) is 0 Å². The van der Waals surface area contributed by atoms with Gasteiger partial charge in [-0.05, 0) is 44.2 Å². The molecule has 7 heteroatoms. The standard InChI is InChI=1S/C29H26O7/c1-16(2)34-21-10-6-5-9-18(21)20-15-25(30)35-22-13-12-19-27(31)24(36-29(19)26(20)22)14-17-8-7-11-23(32-3)28(17)33-4/h5-14,16,20H,15H2,1-4H3/b24-14-. The van der Waals surface area contributed by atoms with Gasteiger partial charge in [0.2, 0.25) is 5.78 Å². The first-order chi connectivity index (χ1) is 17.4. The molecule has 0 saturated heterocycles. The lowest BCUT2D eigenvalue weighted by Crippen LogP contribution is -2.22. The van der Waals surface area contributed by atoms with Crippen molar-refractivity contribution >= 4 is 17.8 Å². The molecule has 0 bridgehead atoms. The van der Waals surface area contributed by atoms with Crippen LogP contribution in [-0.4, -0.2) is 32.1 Å². The fourth-order valence-electron chi connectivity index (χ4n) is 4.67. The highest BCUT2D eigenvalue weighted by Crippen LogP contribution is 2.50. The van der Waals surface area contributed by atoms with E-state index in [1.807, 2.05) is 50.2 Å². The average molecular weight is 487 g/mol. The molecule has 3 aromatic carbocycles. The molecule has 2 aliphatic heterocycles. The van der Waals surface area contributed by atoms with E-state index in [2.05, 4.69) is 0 Å². The van der Waals surface area contributed by atoms with E-state index in [0.29, 0.717) is 45.4 Å². The van der Waals surface area contributed by atoms with Crippen LogP contribution in [0.25, 0.3) is 6.08 Å². The number of carbonyl (C=O) groups is 2. The van der Waals surface area contributed by atoms with Crippen LogP contribution in [0.4, 0.5) is 0 Å². The molecule has 0 radical (unpaired) electrons. The van der Waals surface area contributed by atoms with Crippen molar-refractivity contribution in [2.75, 3.05) is 14.2 Å². The number of methoxy groups -OCH3 is 2. The summed E-state index contributed by atoms with van der Waals surface area (Å²) in [6, 6.07) is 16.3. The molecule has 1 unspecified atom stereocenters. The zero-order valence-electron chi connectivity index (χ0n) is 20.5. The van der Waals surface area contributed by atoms with Crippen molar-refractivity contribution in [2.24, 2.45) is 0 Å². The van der Waals surface area contributed by atoms with E-state index in [4.69, 9.17) is 23.7 Å². The summed E-state index contributed by atoms with van der Waals surface area (Å²) in [4.78, 5) is 25.9. The summed E-state index contributed by atoms with van der Waals surface area (Å²) in [6.45, 7) is 3.90. The second kappa shape index (κ2) is 9.41. The minimum Gasteiger partial charge on any atom is -0.493 e. The van der Waals surface area contributed by atoms with Gasteiger partial charge >= 0.3 is 5.97 Å². The number of hydrogen-bond donors (Lipinski definition) is 0. The van der Waals surface area contributed by atoms with Crippen LogP contribution in [-0.2, 0) is 4.79 Å². The largest absolute Gasteiger partial charge is 0.493 e. The van der Waals surface area contributed by atoms with Crippen molar-refractivity contribution in [3.8, 4) is 28.7 Å². The first-order valence-corrected chi connectivity index (χ1v) is 11.7. The van der Waals surface area contributed by atoms with Crippen LogP contribution in [0.15, 0.2) is 60.4 Å². The van der Waals surface area contributed by atoms with Crippen LogP contribution in [0.2, 0.25) is 0 Å². The molecule has 3 aromatic rings. The Bertz CT molecular complexity index is 1390. The summed E-state index contributed by atoms with van der Waals surface area (Å²) in [5, 5.41) is 0. The molecule has 1 atom stereocenters. The molecule has 0 spiro atoms. The van der Waals surface area contributed by atoms with E-state index in [-0.39, 0.29) is 30.0 Å². The third-order valence-corrected chi connectivity index (χ3v) is 6.16. The highest BCUT2D eigenvalue weighted by atomic mass is 16.5. The van der Waals surface area contributed by atoms with Crippen LogP contribution in [0, 0.1) is 0 Å². The van der Waals surface area contributed by atoms with Gasteiger partial charge in [-0.3, -0.25) is 9.59 Å². The summed E-state index contributed by atoms with van der Waals surface area (Å²) in [5.74, 6) is 1.61. The molecular formula is C29H26O7. The van der Waals surface area contributed by atoms with Crippen LogP contribution < -0.4 is 23.7 Å². The minimum absolute atomic E-state index is 0.0483. The third kappa shape index (κ3) is 4.06. The van der Waals surface area contributed by atoms with E-state index in [9.17, 15) is 9.59 Å². The predicted octanol–water partition coefficient (Wildman–Crippen LogP) is 5.55. The van der Waals surface area contributed by atoms with Crippen LogP contribution in [0.3, 0.4) is 0 Å². The highest BCUT2D eigenvalue weighted by molar-refractivity contribution is 6.15. The molecule has 0 fully saturated rings. The Balaban J connectivity index is 1.62. The van der Waals surface area contributed by atoms with E-state index in [0.717, 1.165) is 5.56 Å². The molecule has 2 aliphatic rings. The van der Waals surface area contributed by atoms with Gasteiger partial charge in [0.15, 0.2) is 17.3 Å². The van der Waals surface area contributed by atoms with E-state index >= 15 is 0 Å². The fraction of sp³-hybridized carbons (Fsp3) is 0.241. The number of carbonyl (C=O) groups excluding carboxylic acids is 2. The summed E-state index contributed by atoms with van der Waals surface area (Å²) in [6.07, 6.45) is 1.69. The number of benzene rings is 3. The second-order valence-corrected chi connectivity index (χ2v) is 8.81. The first-order valence-electron chi connectivity index (χ1n) is 11.7. The molecule has 0 aliphatic carbocycles. The fourth-order valence-corrected chi connectivity index (χ4v) is 4.67.